The van der Waals surface area contributed by atoms with E-state index in [4.69, 9.17) is 4.74 Å². The van der Waals surface area contributed by atoms with E-state index < -0.39 is 6.03 Å². The van der Waals surface area contributed by atoms with Crippen LogP contribution in [0.4, 0.5) is 4.79 Å². The molecule has 1 aromatic rings. The molecule has 1 atom stereocenters. The van der Waals surface area contributed by atoms with Crippen LogP contribution in [-0.4, -0.2) is 50.7 Å². The molecule has 0 heterocycles. The molecule has 1 aliphatic carbocycles. The molecule has 0 radical (unpaired) electrons. The zero-order valence-corrected chi connectivity index (χ0v) is 13.1. The SMILES string of the molecule is COCCNC(=O)NC(=O)CN(C)C1CCc2ccccc21. The van der Waals surface area contributed by atoms with Gasteiger partial charge in [0.25, 0.3) is 0 Å². The van der Waals surface area contributed by atoms with Gasteiger partial charge < -0.3 is 10.1 Å². The number of carbonyl (C=O) groups is 2. The van der Waals surface area contributed by atoms with Crippen LogP contribution in [0, 0.1) is 0 Å². The number of amides is 3. The molecule has 22 heavy (non-hydrogen) atoms. The molecule has 1 aromatic carbocycles. The summed E-state index contributed by atoms with van der Waals surface area (Å²) in [5.74, 6) is -0.304. The zero-order chi connectivity index (χ0) is 15.9. The summed E-state index contributed by atoms with van der Waals surface area (Å²) in [6.07, 6.45) is 2.04. The molecule has 0 saturated heterocycles. The van der Waals surface area contributed by atoms with Gasteiger partial charge in [0.2, 0.25) is 5.91 Å². The number of nitrogens with zero attached hydrogens (tertiary/aromatic N) is 1. The van der Waals surface area contributed by atoms with Crippen LogP contribution in [0.3, 0.4) is 0 Å². The van der Waals surface area contributed by atoms with Gasteiger partial charge in [-0.1, -0.05) is 24.3 Å². The molecule has 1 aliphatic rings. The van der Waals surface area contributed by atoms with Crippen molar-refractivity contribution in [3.63, 3.8) is 0 Å². The van der Waals surface area contributed by atoms with Crippen LogP contribution in [-0.2, 0) is 16.0 Å². The molecule has 2 N–H and O–H groups in total. The first-order valence-corrected chi connectivity index (χ1v) is 7.46. The van der Waals surface area contributed by atoms with Gasteiger partial charge in [-0.05, 0) is 31.0 Å². The molecule has 6 nitrogen and oxygen atoms in total. The minimum Gasteiger partial charge on any atom is -0.383 e. The van der Waals surface area contributed by atoms with Gasteiger partial charge in [-0.3, -0.25) is 15.0 Å². The summed E-state index contributed by atoms with van der Waals surface area (Å²) in [7, 11) is 3.47. The lowest BCUT2D eigenvalue weighted by Gasteiger charge is -2.24. The Morgan fingerprint density at radius 2 is 2.14 bits per heavy atom. The zero-order valence-electron chi connectivity index (χ0n) is 13.1. The maximum absolute atomic E-state index is 11.9. The number of imide groups is 1. The molecule has 2 rings (SSSR count). The Morgan fingerprint density at radius 3 is 2.91 bits per heavy atom. The summed E-state index contributed by atoms with van der Waals surface area (Å²) in [4.78, 5) is 25.4. The quantitative estimate of drug-likeness (QED) is 0.772. The van der Waals surface area contributed by atoms with Gasteiger partial charge in [0.05, 0.1) is 13.2 Å². The summed E-state index contributed by atoms with van der Waals surface area (Å²) in [6.45, 7) is 0.985. The number of hydrogen-bond acceptors (Lipinski definition) is 4. The van der Waals surface area contributed by atoms with Crippen molar-refractivity contribution >= 4 is 11.9 Å². The summed E-state index contributed by atoms with van der Waals surface area (Å²) < 4.78 is 4.83. The minimum atomic E-state index is -0.484. The second-order valence-electron chi connectivity index (χ2n) is 5.47. The third kappa shape index (κ3) is 4.29. The van der Waals surface area contributed by atoms with Gasteiger partial charge in [0, 0.05) is 19.7 Å². The van der Waals surface area contributed by atoms with Crippen LogP contribution >= 0.6 is 0 Å². The molecule has 120 valence electrons. The average Bonchev–Trinajstić information content (AvgIpc) is 2.91. The first kappa shape index (κ1) is 16.5. The Balaban J connectivity index is 1.81. The lowest BCUT2D eigenvalue weighted by Crippen LogP contribution is -2.45. The van der Waals surface area contributed by atoms with Crippen molar-refractivity contribution < 1.29 is 14.3 Å². The standard InChI is InChI=1S/C16H23N3O3/c1-19(11-15(20)18-16(21)17-9-10-22-2)14-8-7-12-5-3-4-6-13(12)14/h3-6,14H,7-11H2,1-2H3,(H2,17,18,20,21). The van der Waals surface area contributed by atoms with Gasteiger partial charge >= 0.3 is 6.03 Å². The van der Waals surface area contributed by atoms with Crippen molar-refractivity contribution in [1.82, 2.24) is 15.5 Å². The predicted molar refractivity (Wildman–Crippen MR) is 83.6 cm³/mol. The summed E-state index contributed by atoms with van der Waals surface area (Å²) >= 11 is 0. The lowest BCUT2D eigenvalue weighted by atomic mass is 10.1. The maximum Gasteiger partial charge on any atom is 0.321 e. The van der Waals surface area contributed by atoms with Crippen molar-refractivity contribution in [3.8, 4) is 0 Å². The van der Waals surface area contributed by atoms with Gasteiger partial charge in [0.1, 0.15) is 0 Å². The number of likely N-dealkylation sites (N-methyl/N-ethyl adjacent to an activating group) is 1. The fourth-order valence-corrected chi connectivity index (χ4v) is 2.81. The van der Waals surface area contributed by atoms with Crippen molar-refractivity contribution in [2.45, 2.75) is 18.9 Å². The Labute approximate surface area is 130 Å². The monoisotopic (exact) mass is 305 g/mol. The number of hydrogen-bond donors (Lipinski definition) is 2. The van der Waals surface area contributed by atoms with Crippen molar-refractivity contribution in [3.05, 3.63) is 35.4 Å². The number of ether oxygens (including phenoxy) is 1. The normalized spacial score (nSPS) is 16.4. The number of benzene rings is 1. The smallest absolute Gasteiger partial charge is 0.321 e. The summed E-state index contributed by atoms with van der Waals surface area (Å²) in [5, 5.41) is 4.89. The Bertz CT molecular complexity index is 533. The molecule has 0 aliphatic heterocycles. The highest BCUT2D eigenvalue weighted by atomic mass is 16.5. The Hall–Kier alpha value is -1.92. The number of carbonyl (C=O) groups excluding carboxylic acids is 2. The average molecular weight is 305 g/mol. The number of rotatable bonds is 6. The van der Waals surface area contributed by atoms with E-state index in [-0.39, 0.29) is 18.5 Å². The molecule has 0 spiro atoms. The van der Waals surface area contributed by atoms with Gasteiger partial charge in [-0.15, -0.1) is 0 Å². The number of fused-ring (bicyclic) bond motifs is 1. The minimum absolute atomic E-state index is 0.191. The van der Waals surface area contributed by atoms with Crippen LogP contribution in [0.15, 0.2) is 24.3 Å². The van der Waals surface area contributed by atoms with E-state index in [0.717, 1.165) is 12.8 Å². The maximum atomic E-state index is 11.9. The van der Waals surface area contributed by atoms with Gasteiger partial charge in [-0.25, -0.2) is 4.79 Å². The highest BCUT2D eigenvalue weighted by Gasteiger charge is 2.26. The van der Waals surface area contributed by atoms with E-state index in [2.05, 4.69) is 22.8 Å². The van der Waals surface area contributed by atoms with Crippen LogP contribution in [0.5, 0.6) is 0 Å². The van der Waals surface area contributed by atoms with Gasteiger partial charge in [0.15, 0.2) is 0 Å². The third-order valence-corrected chi connectivity index (χ3v) is 3.87. The Morgan fingerprint density at radius 1 is 1.36 bits per heavy atom. The second kappa shape index (κ2) is 7.91. The number of urea groups is 1. The largest absolute Gasteiger partial charge is 0.383 e. The highest BCUT2D eigenvalue weighted by Crippen LogP contribution is 2.34. The first-order chi connectivity index (χ1) is 10.6. The topological polar surface area (TPSA) is 70.7 Å². The summed E-state index contributed by atoms with van der Waals surface area (Å²) in [6, 6.07) is 8.05. The molecule has 3 amide bonds. The predicted octanol–water partition coefficient (Wildman–Crippen LogP) is 1.08. The molecule has 0 fully saturated rings. The van der Waals surface area contributed by atoms with Crippen molar-refractivity contribution in [2.75, 3.05) is 33.9 Å². The van der Waals surface area contributed by atoms with E-state index in [9.17, 15) is 9.59 Å². The third-order valence-electron chi connectivity index (χ3n) is 3.87. The molecule has 6 heteroatoms. The molecule has 1 unspecified atom stereocenters. The van der Waals surface area contributed by atoms with Crippen LogP contribution < -0.4 is 10.6 Å². The van der Waals surface area contributed by atoms with Crippen molar-refractivity contribution in [2.24, 2.45) is 0 Å². The Kier molecular flexibility index (Phi) is 5.91. The van der Waals surface area contributed by atoms with E-state index in [1.165, 1.54) is 11.1 Å². The van der Waals surface area contributed by atoms with E-state index in [0.29, 0.717) is 13.2 Å². The number of methoxy groups -OCH3 is 1. The molecule has 0 bridgehead atoms. The number of aryl methyl sites for hydroxylation is 1. The van der Waals surface area contributed by atoms with Gasteiger partial charge in [-0.2, -0.15) is 0 Å². The van der Waals surface area contributed by atoms with E-state index in [1.807, 2.05) is 24.1 Å². The fraction of sp³-hybridized carbons (Fsp3) is 0.500. The van der Waals surface area contributed by atoms with Crippen LogP contribution in [0.1, 0.15) is 23.6 Å². The lowest BCUT2D eigenvalue weighted by molar-refractivity contribution is -0.121. The van der Waals surface area contributed by atoms with Crippen molar-refractivity contribution in [1.29, 1.82) is 0 Å². The van der Waals surface area contributed by atoms with Crippen LogP contribution in [0.25, 0.3) is 0 Å². The molecule has 0 saturated carbocycles. The van der Waals surface area contributed by atoms with Crippen LogP contribution in [0.2, 0.25) is 0 Å². The fourth-order valence-electron chi connectivity index (χ4n) is 2.81. The molecule has 0 aromatic heterocycles. The second-order valence-corrected chi connectivity index (χ2v) is 5.47. The summed E-state index contributed by atoms with van der Waals surface area (Å²) in [5.41, 5.74) is 2.62. The van der Waals surface area contributed by atoms with E-state index in [1.54, 1.807) is 7.11 Å². The van der Waals surface area contributed by atoms with E-state index >= 15 is 0 Å². The molecular weight excluding hydrogens is 282 g/mol. The molecular formula is C16H23N3O3. The number of nitrogens with one attached hydrogen (secondary N) is 2. The first-order valence-electron chi connectivity index (χ1n) is 7.46. The highest BCUT2D eigenvalue weighted by molar-refractivity contribution is 5.95.